The zero-order valence-electron chi connectivity index (χ0n) is 42.9. The van der Waals surface area contributed by atoms with Crippen molar-refractivity contribution in [1.29, 1.82) is 0 Å². The van der Waals surface area contributed by atoms with Crippen molar-refractivity contribution in [3.63, 3.8) is 0 Å². The van der Waals surface area contributed by atoms with E-state index >= 15 is 0 Å². The fourth-order valence-electron chi connectivity index (χ4n) is 12.9. The van der Waals surface area contributed by atoms with Gasteiger partial charge in [0.1, 0.15) is 5.78 Å². The molecule has 63 heavy (non-hydrogen) atoms. The van der Waals surface area contributed by atoms with Crippen LogP contribution in [-0.4, -0.2) is 49.4 Å². The Morgan fingerprint density at radius 2 is 0.683 bits per heavy atom. The van der Waals surface area contributed by atoms with Gasteiger partial charge in [0.15, 0.2) is 0 Å². The smallest absolute Gasteiger partial charge is 0.358 e. The number of alkyl halides is 2. The Morgan fingerprint density at radius 1 is 0.429 bits per heavy atom. The molecule has 8 heteroatoms. The van der Waals surface area contributed by atoms with Crippen LogP contribution >= 0.6 is 46.9 Å². The van der Waals surface area contributed by atoms with E-state index in [4.69, 9.17) is 0 Å². The minimum Gasteiger partial charge on any atom is -0.358 e. The summed E-state index contributed by atoms with van der Waals surface area (Å²) in [6.45, 7) is 8.10. The molecule has 8 rings (SSSR count). The Hall–Kier alpha value is 2.33. The third-order valence-corrected chi connectivity index (χ3v) is 27.4. The second kappa shape index (κ2) is 40.0. The molecule has 8 fully saturated rings. The van der Waals surface area contributed by atoms with Crippen molar-refractivity contribution in [3.8, 4) is 0 Å². The van der Waals surface area contributed by atoms with E-state index in [1.807, 2.05) is 0 Å². The van der Waals surface area contributed by atoms with E-state index in [1.54, 1.807) is 25.7 Å². The van der Waals surface area contributed by atoms with Crippen LogP contribution in [-0.2, 0) is 43.5 Å². The van der Waals surface area contributed by atoms with Crippen LogP contribution in [0.5, 0.6) is 0 Å². The Morgan fingerprint density at radius 3 is 0.952 bits per heavy atom. The molecule has 2 nitrogen and oxygen atoms in total. The summed E-state index contributed by atoms with van der Waals surface area (Å²) in [7, 11) is -1.80. The summed E-state index contributed by atoms with van der Waals surface area (Å²) in [5.41, 5.74) is 4.89. The van der Waals surface area contributed by atoms with Crippen molar-refractivity contribution in [3.05, 3.63) is 29.7 Å². The molecule has 8 saturated carbocycles. The van der Waals surface area contributed by atoms with Crippen molar-refractivity contribution in [2.24, 2.45) is 11.8 Å². The van der Waals surface area contributed by atoms with Crippen LogP contribution in [0.25, 0.3) is 0 Å². The fourth-order valence-corrected chi connectivity index (χ4v) is 25.4. The average molecular weight is 1130 g/mol. The maximum atomic E-state index is 14.5. The largest absolute Gasteiger partial charge is 2.00 e. The van der Waals surface area contributed by atoms with E-state index in [2.05, 4.69) is 45.7 Å². The van der Waals surface area contributed by atoms with Crippen molar-refractivity contribution in [1.82, 2.24) is 0 Å². The molecular weight excluding hydrogens is 1030 g/mol. The summed E-state index contributed by atoms with van der Waals surface area (Å²) >= 11 is 7.96. The topological polar surface area (TPSA) is 34.1 Å². The Bertz CT molecular complexity index is 1030. The molecule has 6 atom stereocenters. The van der Waals surface area contributed by atoms with E-state index in [-0.39, 0.29) is 77.5 Å². The molecule has 0 aromatic rings. The van der Waals surface area contributed by atoms with Gasteiger partial charge < -0.3 is 39.1 Å². The molecule has 0 saturated heterocycles. The Labute approximate surface area is 436 Å². The fraction of sp³-hybridized carbons (Fsp3) is 0.909. The molecule has 0 bridgehead atoms. The number of rotatable bonds is 8. The van der Waals surface area contributed by atoms with E-state index in [9.17, 15) is 9.36 Å². The number of carbonyl (C=O) groups is 1. The summed E-state index contributed by atoms with van der Waals surface area (Å²) in [6, 6.07) is 0. The second-order valence-corrected chi connectivity index (χ2v) is 29.8. The number of Topliss-reactive ketones (excluding diaryl/α,β-unsaturated/α-hetero) is 1. The van der Waals surface area contributed by atoms with E-state index in [0.29, 0.717) is 27.7 Å². The molecule has 4 unspecified atom stereocenters. The molecule has 0 radical (unpaired) electrons. The van der Waals surface area contributed by atoms with Gasteiger partial charge in [-0.05, 0) is 120 Å². The molecule has 0 aliphatic heterocycles. The van der Waals surface area contributed by atoms with E-state index in [0.717, 1.165) is 27.7 Å². The number of hydrogen-bond donors (Lipinski definition) is 0. The van der Waals surface area contributed by atoms with Gasteiger partial charge in [-0.25, -0.2) is 0 Å². The van der Waals surface area contributed by atoms with Gasteiger partial charge >= 0.3 is 34.1 Å². The van der Waals surface area contributed by atoms with Crippen LogP contribution in [0.2, 0.25) is 0 Å². The molecule has 0 amide bonds. The van der Waals surface area contributed by atoms with Crippen molar-refractivity contribution >= 4 is 52.7 Å². The third kappa shape index (κ3) is 23.9. The van der Waals surface area contributed by atoms with Crippen LogP contribution in [0.4, 0.5) is 0 Å². The molecule has 0 aromatic carbocycles. The third-order valence-electron chi connectivity index (χ3n) is 16.1. The Kier molecular flexibility index (Phi) is 44.2. The van der Waals surface area contributed by atoms with E-state index < -0.39 is 7.14 Å². The monoisotopic (exact) mass is 1130 g/mol. The van der Waals surface area contributed by atoms with Gasteiger partial charge in [0.2, 0.25) is 0 Å². The summed E-state index contributed by atoms with van der Waals surface area (Å²) in [4.78, 5) is 10.9. The first-order valence-corrected chi connectivity index (χ1v) is 31.1. The summed E-state index contributed by atoms with van der Waals surface area (Å²) in [5.74, 6) is 1.84. The average Bonchev–Trinajstić information content (AvgIpc) is 4.10. The normalized spacial score (nSPS) is 27.5. The standard InChI is InChI=1S/C19H34BrOP.C19H34BrP.2C5H10.C3H6O.4CH3.2Fe/c1-15(18-13-8-14-19(18)20)22(21,16-9-4-2-5-10-16)17-11-6-3-7-12-17;1-15(18-13-8-14-19(18)20)21(16-9-4-2-5-10-16)17-11-6-3-7-12-17;2*1-2-4-5-3-1;1-3(2)4;;;;;;/h15-19H,2-14H2,1H3;15-19H,2-14H2,1H3;2*1-5H2;1-2H3;4*1H3;;/q;;;;;4*-1;2*+2/t2*15-,18?,19?;;;;;;;;;/m11........./s1. The minimum atomic E-state index is -2.08. The summed E-state index contributed by atoms with van der Waals surface area (Å²) < 4.78 is 14.5. The van der Waals surface area contributed by atoms with E-state index in [1.165, 1.54) is 219 Å². The predicted molar refractivity (Wildman–Crippen MR) is 289 cm³/mol. The van der Waals surface area contributed by atoms with Gasteiger partial charge in [-0.3, -0.25) is 0 Å². The van der Waals surface area contributed by atoms with Gasteiger partial charge in [-0.2, -0.15) is 0 Å². The van der Waals surface area contributed by atoms with Gasteiger partial charge in [-0.1, -0.05) is 208 Å². The van der Waals surface area contributed by atoms with Gasteiger partial charge in [0.05, 0.1) is 7.14 Å². The number of carbonyl (C=O) groups excluding carboxylic acids is 1. The number of hydrogen-bond acceptors (Lipinski definition) is 2. The zero-order chi connectivity index (χ0) is 40.9. The first-order chi connectivity index (χ1) is 27.6. The molecular formula is C55H106Br2Fe2O2P2. The van der Waals surface area contributed by atoms with Gasteiger partial charge in [0.25, 0.3) is 0 Å². The van der Waals surface area contributed by atoms with Crippen LogP contribution in [0.1, 0.15) is 259 Å². The molecule has 378 valence electrons. The minimum absolute atomic E-state index is 0. The SMILES string of the molecule is C1CCCC1.C1CCCC1.CC(C)=O.C[C@H](C1CCCC1Br)P(=O)(C1CCCCC1)C1CCCCC1.C[C@H](C1CCCC1Br)P(C1CCCCC1)C1CCCCC1.[CH3-].[CH3-].[CH3-].[CH3-].[Fe+2].[Fe+2]. The molecule has 8 aliphatic rings. The summed E-state index contributed by atoms with van der Waals surface area (Å²) in [6.07, 6.45) is 51.9. The Balaban J connectivity index is -0.000000814. The number of ketones is 1. The van der Waals surface area contributed by atoms with Crippen LogP contribution in [0, 0.1) is 41.5 Å². The maximum Gasteiger partial charge on any atom is 2.00 e. The summed E-state index contributed by atoms with van der Waals surface area (Å²) in [5, 5.41) is 0. The van der Waals surface area contributed by atoms with Crippen molar-refractivity contribution in [2.45, 2.75) is 302 Å². The molecule has 0 aromatic heterocycles. The van der Waals surface area contributed by atoms with Crippen LogP contribution in [0.15, 0.2) is 0 Å². The van der Waals surface area contributed by atoms with Crippen molar-refractivity contribution in [2.75, 3.05) is 0 Å². The van der Waals surface area contributed by atoms with Crippen LogP contribution < -0.4 is 0 Å². The first kappa shape index (κ1) is 69.6. The predicted octanol–water partition coefficient (Wildman–Crippen LogP) is 20.3. The molecule has 0 spiro atoms. The van der Waals surface area contributed by atoms with Crippen molar-refractivity contribution < 1.29 is 43.5 Å². The van der Waals surface area contributed by atoms with Crippen LogP contribution in [0.3, 0.4) is 0 Å². The zero-order valence-corrected chi connectivity index (χ0v) is 50.1. The molecule has 0 N–H and O–H groups in total. The van der Waals surface area contributed by atoms with Gasteiger partial charge in [0, 0.05) is 26.6 Å². The first-order valence-electron chi connectivity index (χ1n) is 25.8. The number of halogens is 2. The molecule has 8 aliphatic carbocycles. The second-order valence-electron chi connectivity index (χ2n) is 20.5. The molecule has 0 heterocycles. The maximum absolute atomic E-state index is 14.5. The van der Waals surface area contributed by atoms with Gasteiger partial charge in [-0.15, -0.1) is 0 Å². The quantitative estimate of drug-likeness (QED) is 0.105.